The molecule has 0 spiro atoms. The summed E-state index contributed by atoms with van der Waals surface area (Å²) in [7, 11) is 3.00. The molecule has 0 unspecified atom stereocenters. The average molecular weight is 386 g/mol. The van der Waals surface area contributed by atoms with Crippen LogP contribution < -0.4 is 19.5 Å². The Morgan fingerprint density at radius 3 is 2.50 bits per heavy atom. The third kappa shape index (κ3) is 4.34. The third-order valence-electron chi connectivity index (χ3n) is 4.43. The maximum atomic E-state index is 12.8. The van der Waals surface area contributed by atoms with Crippen LogP contribution in [0.1, 0.15) is 6.42 Å². The summed E-state index contributed by atoms with van der Waals surface area (Å²) < 4.78 is 15.7. The van der Waals surface area contributed by atoms with Crippen molar-refractivity contribution in [2.45, 2.75) is 18.6 Å². The van der Waals surface area contributed by atoms with Crippen molar-refractivity contribution in [1.29, 1.82) is 0 Å². The molecule has 2 N–H and O–H groups in total. The number of anilines is 1. The van der Waals surface area contributed by atoms with Gasteiger partial charge >= 0.3 is 6.09 Å². The smallest absolute Gasteiger partial charge is 0.416 e. The van der Waals surface area contributed by atoms with Gasteiger partial charge in [0.15, 0.2) is 0 Å². The van der Waals surface area contributed by atoms with Crippen LogP contribution in [0, 0.1) is 0 Å². The summed E-state index contributed by atoms with van der Waals surface area (Å²) in [6.45, 7) is 0.0129. The summed E-state index contributed by atoms with van der Waals surface area (Å²) in [6.07, 6.45) is -1.39. The molecule has 1 aliphatic heterocycles. The second-order valence-electron chi connectivity index (χ2n) is 6.29. The predicted molar refractivity (Wildman–Crippen MR) is 102 cm³/mol. The Morgan fingerprint density at radius 2 is 1.82 bits per heavy atom. The number of rotatable bonds is 5. The van der Waals surface area contributed by atoms with Crippen LogP contribution in [0.25, 0.3) is 0 Å². The Bertz CT molecular complexity index is 842. The van der Waals surface area contributed by atoms with Gasteiger partial charge in [-0.1, -0.05) is 18.2 Å². The van der Waals surface area contributed by atoms with Gasteiger partial charge in [0.2, 0.25) is 5.91 Å². The van der Waals surface area contributed by atoms with Gasteiger partial charge in [-0.2, -0.15) is 0 Å². The third-order valence-corrected chi connectivity index (χ3v) is 4.43. The number of hydrogen-bond donors (Lipinski definition) is 2. The normalized spacial score (nSPS) is 18.5. The van der Waals surface area contributed by atoms with Crippen molar-refractivity contribution in [1.82, 2.24) is 4.90 Å². The van der Waals surface area contributed by atoms with Crippen molar-refractivity contribution < 1.29 is 28.9 Å². The van der Waals surface area contributed by atoms with E-state index in [2.05, 4.69) is 5.32 Å². The lowest BCUT2D eigenvalue weighted by Crippen LogP contribution is -2.44. The first-order chi connectivity index (χ1) is 13.5. The van der Waals surface area contributed by atoms with Crippen LogP contribution in [-0.2, 0) is 4.79 Å². The molecule has 2 amide bonds. The second-order valence-corrected chi connectivity index (χ2v) is 6.29. The Morgan fingerprint density at radius 1 is 1.07 bits per heavy atom. The van der Waals surface area contributed by atoms with Gasteiger partial charge in [-0.3, -0.25) is 9.69 Å². The number of benzene rings is 2. The van der Waals surface area contributed by atoms with E-state index >= 15 is 0 Å². The number of aliphatic hydroxyl groups excluding tert-OH is 1. The van der Waals surface area contributed by atoms with E-state index in [1.165, 1.54) is 19.1 Å². The molecule has 1 fully saturated rings. The van der Waals surface area contributed by atoms with Gasteiger partial charge in [0, 0.05) is 12.5 Å². The summed E-state index contributed by atoms with van der Waals surface area (Å²) in [4.78, 5) is 26.6. The van der Waals surface area contributed by atoms with E-state index in [-0.39, 0.29) is 13.0 Å². The molecule has 0 aromatic heterocycles. The van der Waals surface area contributed by atoms with E-state index in [4.69, 9.17) is 14.2 Å². The first-order valence-electron chi connectivity index (χ1n) is 8.76. The fourth-order valence-corrected chi connectivity index (χ4v) is 3.04. The molecule has 0 aliphatic carbocycles. The fourth-order valence-electron chi connectivity index (χ4n) is 3.04. The standard InChI is InChI=1S/C20H22N2O6/c1-26-15-8-9-18(27-2)16(11-15)21-19(24)17-10-13(23)12-22(17)20(25)28-14-6-4-3-5-7-14/h3-9,11,13,17,23H,10,12H2,1-2H3,(H,21,24)/t13-,17-/m0/s1. The van der Waals surface area contributed by atoms with Gasteiger partial charge in [0.1, 0.15) is 23.3 Å². The van der Waals surface area contributed by atoms with Gasteiger partial charge in [0.25, 0.3) is 0 Å². The molecule has 0 saturated carbocycles. The first-order valence-corrected chi connectivity index (χ1v) is 8.76. The monoisotopic (exact) mass is 386 g/mol. The van der Waals surface area contributed by atoms with Crippen LogP contribution in [0.3, 0.4) is 0 Å². The van der Waals surface area contributed by atoms with E-state index < -0.39 is 24.1 Å². The largest absolute Gasteiger partial charge is 0.497 e. The van der Waals surface area contributed by atoms with Crippen molar-refractivity contribution in [3.63, 3.8) is 0 Å². The zero-order valence-corrected chi connectivity index (χ0v) is 15.6. The molecule has 148 valence electrons. The second kappa shape index (κ2) is 8.62. The van der Waals surface area contributed by atoms with Crippen LogP contribution in [0.5, 0.6) is 17.2 Å². The molecule has 1 aliphatic rings. The van der Waals surface area contributed by atoms with Crippen LogP contribution in [0.2, 0.25) is 0 Å². The van der Waals surface area contributed by atoms with Crippen LogP contribution >= 0.6 is 0 Å². The van der Waals surface area contributed by atoms with Crippen molar-refractivity contribution in [2.75, 3.05) is 26.1 Å². The van der Waals surface area contributed by atoms with Crippen molar-refractivity contribution in [3.05, 3.63) is 48.5 Å². The predicted octanol–water partition coefficient (Wildman–Crippen LogP) is 2.28. The average Bonchev–Trinajstić information content (AvgIpc) is 3.10. The summed E-state index contributed by atoms with van der Waals surface area (Å²) in [5, 5.41) is 12.8. The zero-order valence-electron chi connectivity index (χ0n) is 15.6. The first kappa shape index (κ1) is 19.5. The highest BCUT2D eigenvalue weighted by Crippen LogP contribution is 2.30. The molecule has 3 rings (SSSR count). The Balaban J connectivity index is 1.75. The highest BCUT2D eigenvalue weighted by Gasteiger charge is 2.40. The number of β-amino-alcohol motifs (C(OH)–C–C–N with tert-alkyl or cyclic N) is 1. The summed E-state index contributed by atoms with van der Waals surface area (Å²) in [5.41, 5.74) is 0.407. The van der Waals surface area contributed by atoms with Gasteiger partial charge in [0.05, 0.1) is 32.6 Å². The number of ether oxygens (including phenoxy) is 3. The summed E-state index contributed by atoms with van der Waals surface area (Å²) in [6, 6.07) is 12.7. The van der Waals surface area contributed by atoms with Gasteiger partial charge < -0.3 is 24.6 Å². The number of aliphatic hydroxyl groups is 1. The van der Waals surface area contributed by atoms with E-state index in [1.54, 1.807) is 48.5 Å². The van der Waals surface area contributed by atoms with Crippen molar-refractivity contribution in [2.24, 2.45) is 0 Å². The molecule has 1 saturated heterocycles. The molecule has 0 radical (unpaired) electrons. The lowest BCUT2D eigenvalue weighted by molar-refractivity contribution is -0.119. The van der Waals surface area contributed by atoms with Crippen molar-refractivity contribution >= 4 is 17.7 Å². The maximum absolute atomic E-state index is 12.8. The summed E-state index contributed by atoms with van der Waals surface area (Å²) >= 11 is 0. The highest BCUT2D eigenvalue weighted by molar-refractivity contribution is 5.98. The minimum atomic E-state index is -0.873. The Hall–Kier alpha value is -3.26. The number of amides is 2. The molecule has 8 nitrogen and oxygen atoms in total. The number of para-hydroxylation sites is 1. The summed E-state index contributed by atoms with van der Waals surface area (Å²) in [5.74, 6) is 0.907. The zero-order chi connectivity index (χ0) is 20.1. The number of nitrogens with zero attached hydrogens (tertiary/aromatic N) is 1. The molecular weight excluding hydrogens is 364 g/mol. The number of nitrogens with one attached hydrogen (secondary N) is 1. The fraction of sp³-hybridized carbons (Fsp3) is 0.300. The SMILES string of the molecule is COc1ccc(OC)c(NC(=O)[C@@H]2C[C@H](O)CN2C(=O)Oc2ccccc2)c1. The molecule has 2 aromatic rings. The topological polar surface area (TPSA) is 97.3 Å². The lowest BCUT2D eigenvalue weighted by Gasteiger charge is -2.23. The highest BCUT2D eigenvalue weighted by atomic mass is 16.6. The minimum Gasteiger partial charge on any atom is -0.497 e. The van der Waals surface area contributed by atoms with E-state index in [1.807, 2.05) is 0 Å². The molecule has 2 aromatic carbocycles. The van der Waals surface area contributed by atoms with E-state index in [0.29, 0.717) is 22.9 Å². The Kier molecular flexibility index (Phi) is 6.00. The quantitative estimate of drug-likeness (QED) is 0.818. The molecule has 28 heavy (non-hydrogen) atoms. The van der Waals surface area contributed by atoms with Gasteiger partial charge in [-0.15, -0.1) is 0 Å². The molecule has 0 bridgehead atoms. The number of carbonyl (C=O) groups is 2. The van der Waals surface area contributed by atoms with Crippen molar-refractivity contribution in [3.8, 4) is 17.2 Å². The molecule has 8 heteroatoms. The minimum absolute atomic E-state index is 0.0129. The number of likely N-dealkylation sites (tertiary alicyclic amines) is 1. The van der Waals surface area contributed by atoms with E-state index in [0.717, 1.165) is 0 Å². The lowest BCUT2D eigenvalue weighted by atomic mass is 10.1. The number of methoxy groups -OCH3 is 2. The van der Waals surface area contributed by atoms with Gasteiger partial charge in [-0.05, 0) is 24.3 Å². The molecule has 2 atom stereocenters. The van der Waals surface area contributed by atoms with Crippen LogP contribution in [-0.4, -0.2) is 54.9 Å². The van der Waals surface area contributed by atoms with Gasteiger partial charge in [-0.25, -0.2) is 4.79 Å². The molecular formula is C20H22N2O6. The van der Waals surface area contributed by atoms with Crippen LogP contribution in [0.15, 0.2) is 48.5 Å². The Labute approximate surface area is 162 Å². The maximum Gasteiger partial charge on any atom is 0.416 e. The number of carbonyl (C=O) groups excluding carboxylic acids is 2. The van der Waals surface area contributed by atoms with E-state index in [9.17, 15) is 14.7 Å². The number of hydrogen-bond acceptors (Lipinski definition) is 6. The van der Waals surface area contributed by atoms with Crippen LogP contribution in [0.4, 0.5) is 10.5 Å². The molecule has 1 heterocycles.